The van der Waals surface area contributed by atoms with Crippen molar-refractivity contribution in [2.45, 2.75) is 52.1 Å². The maximum absolute atomic E-state index is 12.1. The van der Waals surface area contributed by atoms with Gasteiger partial charge >= 0.3 is 0 Å². The lowest BCUT2D eigenvalue weighted by atomic mass is 9.93. The molecule has 0 radical (unpaired) electrons. The summed E-state index contributed by atoms with van der Waals surface area (Å²) in [5, 5.41) is 8.19. The van der Waals surface area contributed by atoms with Gasteiger partial charge in [-0.3, -0.25) is 9.59 Å². The number of carbonyl (C=O) groups is 1. The second-order valence-electron chi connectivity index (χ2n) is 8.55. The summed E-state index contributed by atoms with van der Waals surface area (Å²) in [6, 6.07) is 9.88. The maximum atomic E-state index is 12.1. The first kappa shape index (κ1) is 29.7. The predicted octanol–water partition coefficient (Wildman–Crippen LogP) is 3.91. The van der Waals surface area contributed by atoms with Crippen molar-refractivity contribution in [2.75, 3.05) is 37.7 Å². The Kier molecular flexibility index (Phi) is 12.3. The van der Waals surface area contributed by atoms with Crippen LogP contribution in [-0.2, 0) is 14.9 Å². The summed E-state index contributed by atoms with van der Waals surface area (Å²) in [5.74, 6) is 5.43. The fourth-order valence-electron chi connectivity index (χ4n) is 3.04. The molecule has 0 unspecified atom stereocenters. The number of ether oxygens (including phenoxy) is 1. The van der Waals surface area contributed by atoms with Crippen LogP contribution in [0.25, 0.3) is 5.70 Å². The fourth-order valence-corrected chi connectivity index (χ4v) is 3.58. The molecule has 0 saturated carbocycles. The van der Waals surface area contributed by atoms with E-state index in [1.54, 1.807) is 11.2 Å². The molecule has 2 rings (SSSR count). The van der Waals surface area contributed by atoms with Crippen LogP contribution in [0, 0.1) is 0 Å². The maximum Gasteiger partial charge on any atom is 0.295 e. The van der Waals surface area contributed by atoms with Crippen molar-refractivity contribution in [3.05, 3.63) is 57.5 Å². The Bertz CT molecular complexity index is 1020. The number of amides is 1. The molecule has 0 spiro atoms. The summed E-state index contributed by atoms with van der Waals surface area (Å²) < 4.78 is 6.40. The van der Waals surface area contributed by atoms with E-state index < -0.39 is 0 Å². The first-order valence-electron chi connectivity index (χ1n) is 11.0. The second kappa shape index (κ2) is 14.1. The number of halogens is 1. The summed E-state index contributed by atoms with van der Waals surface area (Å²) in [4.78, 5) is 25.6. The van der Waals surface area contributed by atoms with Gasteiger partial charge in [0, 0.05) is 24.3 Å². The van der Waals surface area contributed by atoms with Crippen LogP contribution >= 0.6 is 23.4 Å². The van der Waals surface area contributed by atoms with Gasteiger partial charge in [0.05, 0.1) is 6.61 Å². The van der Waals surface area contributed by atoms with Crippen molar-refractivity contribution in [1.29, 1.82) is 0 Å². The molecule has 0 aliphatic heterocycles. The van der Waals surface area contributed by atoms with Crippen molar-refractivity contribution in [1.82, 2.24) is 19.8 Å². The molecule has 1 heterocycles. The van der Waals surface area contributed by atoms with Gasteiger partial charge in [0.2, 0.25) is 11.1 Å². The van der Waals surface area contributed by atoms with Crippen LogP contribution in [0.15, 0.2) is 45.9 Å². The van der Waals surface area contributed by atoms with E-state index in [0.717, 1.165) is 21.5 Å². The van der Waals surface area contributed by atoms with Crippen LogP contribution in [0.5, 0.6) is 0 Å². The molecular weight excluding hydrogens is 474 g/mol. The third-order valence-electron chi connectivity index (χ3n) is 4.63. The van der Waals surface area contributed by atoms with Crippen LogP contribution in [0.2, 0.25) is 0 Å². The Morgan fingerprint density at radius 2 is 1.82 bits per heavy atom. The van der Waals surface area contributed by atoms with Gasteiger partial charge in [-0.25, -0.2) is 0 Å². The van der Waals surface area contributed by atoms with E-state index in [9.17, 15) is 9.59 Å². The Balaban J connectivity index is 0.000000362. The molecule has 8 nitrogen and oxygen atoms in total. The smallest absolute Gasteiger partial charge is 0.295 e. The van der Waals surface area contributed by atoms with Crippen LogP contribution in [0.3, 0.4) is 0 Å². The molecule has 10 heteroatoms. The van der Waals surface area contributed by atoms with E-state index in [1.165, 1.54) is 11.8 Å². The number of rotatable bonds is 8. The Labute approximate surface area is 211 Å². The number of nitrogen functional groups attached to an aromatic ring is 1. The van der Waals surface area contributed by atoms with Crippen molar-refractivity contribution in [3.8, 4) is 0 Å². The molecule has 1 aromatic heterocycles. The van der Waals surface area contributed by atoms with Gasteiger partial charge in [0.25, 0.3) is 5.56 Å². The third-order valence-corrected chi connectivity index (χ3v) is 5.50. The molecule has 1 aromatic carbocycles. The minimum Gasteiger partial charge on any atom is -0.380 e. The van der Waals surface area contributed by atoms with Crippen LogP contribution in [-0.4, -0.2) is 57.6 Å². The molecular formula is C24H36ClN5O3S. The van der Waals surface area contributed by atoms with Gasteiger partial charge in [-0.15, -0.1) is 21.8 Å². The fraction of sp³-hybridized carbons (Fsp3) is 0.500. The number of allylic oxidation sites excluding steroid dienone is 1. The first-order valence-corrected chi connectivity index (χ1v) is 12.7. The van der Waals surface area contributed by atoms with Gasteiger partial charge in [0.1, 0.15) is 11.6 Å². The number of nitrogens with two attached hydrogens (primary N) is 1. The zero-order valence-corrected chi connectivity index (χ0v) is 22.7. The van der Waals surface area contributed by atoms with E-state index in [0.29, 0.717) is 30.6 Å². The topological polar surface area (TPSA) is 103 Å². The number of nitrogens with zero attached hydrogens (tertiary/aromatic N) is 4. The quantitative estimate of drug-likeness (QED) is 0.249. The number of thioether (sulfide) groups is 1. The van der Waals surface area contributed by atoms with E-state index in [4.69, 9.17) is 22.2 Å². The Morgan fingerprint density at radius 1 is 1.21 bits per heavy atom. The number of aromatic nitrogens is 3. The van der Waals surface area contributed by atoms with E-state index in [-0.39, 0.29) is 22.8 Å². The van der Waals surface area contributed by atoms with Crippen molar-refractivity contribution >= 4 is 35.0 Å². The zero-order chi connectivity index (χ0) is 25.9. The van der Waals surface area contributed by atoms with E-state index in [1.807, 2.05) is 71.9 Å². The van der Waals surface area contributed by atoms with Crippen molar-refractivity contribution in [3.63, 3.8) is 0 Å². The largest absolute Gasteiger partial charge is 0.380 e. The number of benzene rings is 1. The lowest BCUT2D eigenvalue weighted by Crippen LogP contribution is -2.37. The molecule has 0 aliphatic carbocycles. The zero-order valence-electron chi connectivity index (χ0n) is 21.1. The molecule has 188 valence electrons. The molecule has 0 fully saturated rings. The summed E-state index contributed by atoms with van der Waals surface area (Å²) in [7, 11) is 0. The molecule has 0 bridgehead atoms. The average Bonchev–Trinajstić information content (AvgIpc) is 2.79. The Morgan fingerprint density at radius 3 is 2.29 bits per heavy atom. The predicted molar refractivity (Wildman–Crippen MR) is 141 cm³/mol. The summed E-state index contributed by atoms with van der Waals surface area (Å²) >= 11 is 7.03. The third kappa shape index (κ3) is 8.45. The highest BCUT2D eigenvalue weighted by Crippen LogP contribution is 2.23. The molecule has 0 atom stereocenters. The van der Waals surface area contributed by atoms with Gasteiger partial charge in [-0.2, -0.15) is 4.68 Å². The number of hydrogen-bond donors (Lipinski definition) is 1. The van der Waals surface area contributed by atoms with Gasteiger partial charge in [0.15, 0.2) is 0 Å². The lowest BCUT2D eigenvalue weighted by Gasteiger charge is -2.26. The monoisotopic (exact) mass is 509 g/mol. The van der Waals surface area contributed by atoms with Gasteiger partial charge in [-0.05, 0) is 32.6 Å². The number of hydrogen-bond acceptors (Lipinski definition) is 7. The molecule has 2 N–H and O–H groups in total. The minimum atomic E-state index is -0.331. The molecule has 34 heavy (non-hydrogen) atoms. The summed E-state index contributed by atoms with van der Waals surface area (Å²) in [6.45, 7) is 13.3. The number of alkyl halides is 1. The van der Waals surface area contributed by atoms with Crippen LogP contribution < -0.4 is 11.4 Å². The molecule has 2 aromatic rings. The minimum absolute atomic E-state index is 0.0320. The highest BCUT2D eigenvalue weighted by atomic mass is 35.5. The van der Waals surface area contributed by atoms with Crippen LogP contribution in [0.4, 0.5) is 0 Å². The highest BCUT2D eigenvalue weighted by molar-refractivity contribution is 7.98. The molecule has 1 amide bonds. The molecule has 0 aliphatic rings. The lowest BCUT2D eigenvalue weighted by molar-refractivity contribution is -0.125. The van der Waals surface area contributed by atoms with Gasteiger partial charge in [-0.1, -0.05) is 68.4 Å². The normalized spacial score (nSPS) is 10.8. The first-order chi connectivity index (χ1) is 16.0. The highest BCUT2D eigenvalue weighted by Gasteiger charge is 2.22. The standard InChI is InChI=1S/C16H22ClNO2.C8H14N4OS/c1-4-20-11-10-18(15(19)12-17)16(13(2)3)14-8-6-5-7-9-14;1-8(2,3)5-6(13)12(9)7(14-4)11-10-5/h5-9H,4,10-12H2,1-3H3;9H2,1-4H3. The summed E-state index contributed by atoms with van der Waals surface area (Å²) in [5.41, 5.74) is 2.78. The average molecular weight is 510 g/mol. The second-order valence-corrected chi connectivity index (χ2v) is 9.59. The van der Waals surface area contributed by atoms with E-state index in [2.05, 4.69) is 10.2 Å². The Hall–Kier alpha value is -2.36. The SMILES string of the molecule is CCOCCN(C(=O)CCl)C(=C(C)C)c1ccccc1.CSc1nnc(C(C)(C)C)c(=O)n1N. The van der Waals surface area contributed by atoms with Crippen molar-refractivity contribution in [2.24, 2.45) is 0 Å². The summed E-state index contributed by atoms with van der Waals surface area (Å²) in [6.07, 6.45) is 1.80. The van der Waals surface area contributed by atoms with Crippen molar-refractivity contribution < 1.29 is 9.53 Å². The molecule has 0 saturated heterocycles. The van der Waals surface area contributed by atoms with Crippen LogP contribution in [0.1, 0.15) is 52.8 Å². The van der Waals surface area contributed by atoms with E-state index >= 15 is 0 Å². The number of carbonyl (C=O) groups excluding carboxylic acids is 1. The van der Waals surface area contributed by atoms with Gasteiger partial charge < -0.3 is 15.5 Å².